The Balaban J connectivity index is 1.62. The van der Waals surface area contributed by atoms with Crippen LogP contribution in [0.2, 0.25) is 0 Å². The third kappa shape index (κ3) is 5.31. The number of nitrogens with zero attached hydrogens (tertiary/aromatic N) is 2. The maximum absolute atomic E-state index is 14.0. The van der Waals surface area contributed by atoms with Crippen LogP contribution in [-0.2, 0) is 20.9 Å². The first-order chi connectivity index (χ1) is 15.3. The first kappa shape index (κ1) is 22.8. The minimum atomic E-state index is -4.75. The van der Waals surface area contributed by atoms with Crippen molar-refractivity contribution in [2.75, 3.05) is 29.9 Å². The fraction of sp³-hybridized carbons (Fsp3) is 0.455. The van der Waals surface area contributed by atoms with Crippen molar-refractivity contribution in [3.63, 3.8) is 0 Å². The van der Waals surface area contributed by atoms with E-state index in [1.54, 1.807) is 12.1 Å². The summed E-state index contributed by atoms with van der Waals surface area (Å²) >= 11 is 1.53. The van der Waals surface area contributed by atoms with E-state index in [2.05, 4.69) is 5.32 Å². The summed E-state index contributed by atoms with van der Waals surface area (Å²) in [7, 11) is 0. The van der Waals surface area contributed by atoms with Gasteiger partial charge in [0.15, 0.2) is 0 Å². The van der Waals surface area contributed by atoms with Crippen LogP contribution in [-0.4, -0.2) is 54.7 Å². The standard InChI is InChI=1S/C22H24F3N3O3S/c23-22(24,25)19-11-20(29)26-17-7-1-2-8-18(17)28(19)21(30)14-27(12-15-5-3-9-31-15)13-16-6-4-10-32-16/h1-2,4,6-8,10,15,19H,3,5,9,11-14H2,(H,26,29). The second kappa shape index (κ2) is 9.60. The summed E-state index contributed by atoms with van der Waals surface area (Å²) in [5, 5.41) is 4.41. The first-order valence-corrected chi connectivity index (χ1v) is 11.3. The van der Waals surface area contributed by atoms with Gasteiger partial charge in [-0.05, 0) is 36.4 Å². The molecule has 1 aromatic heterocycles. The minimum Gasteiger partial charge on any atom is -0.377 e. The molecule has 2 amide bonds. The number of carbonyl (C=O) groups is 2. The van der Waals surface area contributed by atoms with Crippen LogP contribution in [0.4, 0.5) is 24.5 Å². The van der Waals surface area contributed by atoms with E-state index in [4.69, 9.17) is 4.74 Å². The summed E-state index contributed by atoms with van der Waals surface area (Å²) in [5.74, 6) is -1.48. The van der Waals surface area contributed by atoms with Gasteiger partial charge in [-0.2, -0.15) is 13.2 Å². The maximum atomic E-state index is 14.0. The monoisotopic (exact) mass is 467 g/mol. The van der Waals surface area contributed by atoms with Crippen LogP contribution in [0.15, 0.2) is 41.8 Å². The Morgan fingerprint density at radius 1 is 1.25 bits per heavy atom. The zero-order valence-electron chi connectivity index (χ0n) is 17.3. The molecule has 2 aromatic rings. The van der Waals surface area contributed by atoms with Crippen LogP contribution in [0.1, 0.15) is 24.1 Å². The van der Waals surface area contributed by atoms with Crippen molar-refractivity contribution < 1.29 is 27.5 Å². The molecule has 32 heavy (non-hydrogen) atoms. The number of ether oxygens (including phenoxy) is 1. The third-order valence-electron chi connectivity index (χ3n) is 5.58. The number of nitrogens with one attached hydrogen (secondary N) is 1. The number of carbonyl (C=O) groups excluding carboxylic acids is 2. The highest BCUT2D eigenvalue weighted by atomic mass is 32.1. The number of anilines is 2. The number of thiophene rings is 1. The molecule has 2 unspecified atom stereocenters. The molecule has 2 atom stereocenters. The molecular formula is C22H24F3N3O3S. The SMILES string of the molecule is O=C1CC(C(F)(F)F)N(C(=O)CN(Cc2cccs2)CC2CCCO2)c2ccccc2N1. The zero-order valence-corrected chi connectivity index (χ0v) is 18.1. The Labute approximate surface area is 187 Å². The molecule has 2 aliphatic rings. The summed E-state index contributed by atoms with van der Waals surface area (Å²) < 4.78 is 47.6. The lowest BCUT2D eigenvalue weighted by molar-refractivity contribution is -0.158. The maximum Gasteiger partial charge on any atom is 0.409 e. The van der Waals surface area contributed by atoms with E-state index in [1.165, 1.54) is 23.5 Å². The molecule has 1 aromatic carbocycles. The van der Waals surface area contributed by atoms with Crippen LogP contribution >= 0.6 is 11.3 Å². The molecule has 0 saturated carbocycles. The number of amides is 2. The average Bonchev–Trinajstić information content (AvgIpc) is 3.39. The van der Waals surface area contributed by atoms with Crippen molar-refractivity contribution >= 4 is 34.5 Å². The second-order valence-electron chi connectivity index (χ2n) is 7.97. The molecule has 0 aliphatic carbocycles. The molecule has 6 nitrogen and oxygen atoms in total. The van der Waals surface area contributed by atoms with Crippen molar-refractivity contribution in [1.29, 1.82) is 0 Å². The van der Waals surface area contributed by atoms with Crippen molar-refractivity contribution in [3.8, 4) is 0 Å². The Morgan fingerprint density at radius 2 is 2.06 bits per heavy atom. The molecule has 1 N–H and O–H groups in total. The van der Waals surface area contributed by atoms with E-state index >= 15 is 0 Å². The van der Waals surface area contributed by atoms with Gasteiger partial charge in [-0.25, -0.2) is 0 Å². The predicted molar refractivity (Wildman–Crippen MR) is 116 cm³/mol. The Kier molecular flexibility index (Phi) is 6.82. The summed E-state index contributed by atoms with van der Waals surface area (Å²) in [4.78, 5) is 29.1. The molecular weight excluding hydrogens is 443 g/mol. The van der Waals surface area contributed by atoms with E-state index in [9.17, 15) is 22.8 Å². The van der Waals surface area contributed by atoms with Crippen molar-refractivity contribution in [1.82, 2.24) is 4.90 Å². The lowest BCUT2D eigenvalue weighted by Gasteiger charge is -2.34. The summed E-state index contributed by atoms with van der Waals surface area (Å²) in [5.41, 5.74) is 0.250. The zero-order chi connectivity index (χ0) is 22.7. The Morgan fingerprint density at radius 3 is 2.75 bits per heavy atom. The van der Waals surface area contributed by atoms with Gasteiger partial charge in [-0.3, -0.25) is 19.4 Å². The van der Waals surface area contributed by atoms with Gasteiger partial charge in [0, 0.05) is 24.6 Å². The van der Waals surface area contributed by atoms with Crippen LogP contribution < -0.4 is 10.2 Å². The molecule has 0 spiro atoms. The highest BCUT2D eigenvalue weighted by molar-refractivity contribution is 7.09. The molecule has 0 radical (unpaired) electrons. The Bertz CT molecular complexity index is 945. The normalized spacial score (nSPS) is 21.4. The second-order valence-corrected chi connectivity index (χ2v) is 9.01. The lowest BCUT2D eigenvalue weighted by atomic mass is 10.1. The van der Waals surface area contributed by atoms with Crippen LogP contribution in [0.3, 0.4) is 0 Å². The minimum absolute atomic E-state index is 0.0545. The number of rotatable bonds is 6. The van der Waals surface area contributed by atoms with Gasteiger partial charge in [0.1, 0.15) is 6.04 Å². The number of para-hydroxylation sites is 2. The van der Waals surface area contributed by atoms with Gasteiger partial charge in [-0.1, -0.05) is 18.2 Å². The average molecular weight is 468 g/mol. The fourth-order valence-corrected chi connectivity index (χ4v) is 4.89. The Hall–Kier alpha value is -2.43. The van der Waals surface area contributed by atoms with Crippen molar-refractivity contribution in [3.05, 3.63) is 46.7 Å². The molecule has 0 bridgehead atoms. The molecule has 3 heterocycles. The van der Waals surface area contributed by atoms with Gasteiger partial charge in [0.25, 0.3) is 0 Å². The summed E-state index contributed by atoms with van der Waals surface area (Å²) in [6, 6.07) is 7.69. The highest BCUT2D eigenvalue weighted by Crippen LogP contribution is 2.37. The van der Waals surface area contributed by atoms with Gasteiger partial charge in [0.05, 0.1) is 30.4 Å². The fourth-order valence-electron chi connectivity index (χ4n) is 4.15. The van der Waals surface area contributed by atoms with E-state index < -0.39 is 30.5 Å². The van der Waals surface area contributed by atoms with Gasteiger partial charge in [-0.15, -0.1) is 11.3 Å². The summed E-state index contributed by atoms with van der Waals surface area (Å²) in [6.07, 6.45) is -3.88. The number of alkyl halides is 3. The van der Waals surface area contributed by atoms with Gasteiger partial charge in [0.2, 0.25) is 11.8 Å². The van der Waals surface area contributed by atoms with Crippen molar-refractivity contribution in [2.24, 2.45) is 0 Å². The van der Waals surface area contributed by atoms with Crippen LogP contribution in [0.25, 0.3) is 0 Å². The van der Waals surface area contributed by atoms with Crippen LogP contribution in [0, 0.1) is 0 Å². The topological polar surface area (TPSA) is 61.9 Å². The van der Waals surface area contributed by atoms with E-state index in [-0.39, 0.29) is 24.0 Å². The third-order valence-corrected chi connectivity index (χ3v) is 6.44. The quantitative estimate of drug-likeness (QED) is 0.697. The smallest absolute Gasteiger partial charge is 0.377 e. The number of hydrogen-bond acceptors (Lipinski definition) is 5. The van der Waals surface area contributed by atoms with Gasteiger partial charge < -0.3 is 10.1 Å². The molecule has 172 valence electrons. The molecule has 1 fully saturated rings. The lowest BCUT2D eigenvalue weighted by Crippen LogP contribution is -2.52. The predicted octanol–water partition coefficient (Wildman–Crippen LogP) is 4.04. The highest BCUT2D eigenvalue weighted by Gasteiger charge is 2.49. The van der Waals surface area contributed by atoms with Gasteiger partial charge >= 0.3 is 6.18 Å². The van der Waals surface area contributed by atoms with E-state index in [0.29, 0.717) is 19.7 Å². The number of benzene rings is 1. The molecule has 4 rings (SSSR count). The largest absolute Gasteiger partial charge is 0.409 e. The molecule has 1 saturated heterocycles. The first-order valence-electron chi connectivity index (χ1n) is 10.5. The number of hydrogen-bond donors (Lipinski definition) is 1. The number of halogens is 3. The molecule has 10 heteroatoms. The number of fused-ring (bicyclic) bond motifs is 1. The van der Waals surface area contributed by atoms with E-state index in [1.807, 2.05) is 22.4 Å². The van der Waals surface area contributed by atoms with E-state index in [0.717, 1.165) is 22.6 Å². The molecule has 2 aliphatic heterocycles. The van der Waals surface area contributed by atoms with Crippen molar-refractivity contribution in [2.45, 2.75) is 44.1 Å². The van der Waals surface area contributed by atoms with Crippen LogP contribution in [0.5, 0.6) is 0 Å². The summed E-state index contributed by atoms with van der Waals surface area (Å²) in [6.45, 7) is 1.32.